The van der Waals surface area contributed by atoms with Gasteiger partial charge in [0.25, 0.3) is 0 Å². The van der Waals surface area contributed by atoms with Crippen molar-refractivity contribution in [3.8, 4) is 0 Å². The van der Waals surface area contributed by atoms with Crippen molar-refractivity contribution in [2.75, 3.05) is 0 Å². The molecule has 5 heteroatoms. The number of nitrogens with zero attached hydrogens (tertiary/aromatic N) is 3. The summed E-state index contributed by atoms with van der Waals surface area (Å²) in [6, 6.07) is 4.59. The maximum atomic E-state index is 3.89. The van der Waals surface area contributed by atoms with Crippen molar-refractivity contribution in [2.45, 2.75) is 19.5 Å². The van der Waals surface area contributed by atoms with E-state index in [1.807, 2.05) is 7.05 Å². The highest BCUT2D eigenvalue weighted by molar-refractivity contribution is 7.10. The summed E-state index contributed by atoms with van der Waals surface area (Å²) in [5, 5.41) is 13.3. The quantitative estimate of drug-likeness (QED) is 0.856. The fraction of sp³-hybridized carbons (Fsp3) is 0.400. The van der Waals surface area contributed by atoms with Crippen molar-refractivity contribution in [1.29, 1.82) is 0 Å². The van der Waals surface area contributed by atoms with Crippen molar-refractivity contribution in [1.82, 2.24) is 20.3 Å². The van der Waals surface area contributed by atoms with Gasteiger partial charge in [0.2, 0.25) is 0 Å². The van der Waals surface area contributed by atoms with Crippen LogP contribution in [-0.2, 0) is 13.6 Å². The zero-order valence-electron chi connectivity index (χ0n) is 8.84. The van der Waals surface area contributed by atoms with Crippen LogP contribution in [0.2, 0.25) is 0 Å². The Hall–Kier alpha value is -1.20. The fourth-order valence-electron chi connectivity index (χ4n) is 1.37. The lowest BCUT2D eigenvalue weighted by atomic mass is 10.2. The van der Waals surface area contributed by atoms with Crippen LogP contribution in [0.1, 0.15) is 23.5 Å². The molecule has 0 saturated heterocycles. The molecule has 0 radical (unpaired) electrons. The molecule has 80 valence electrons. The Balaban J connectivity index is 1.91. The first-order valence-electron chi connectivity index (χ1n) is 4.87. The molecular formula is C10H14N4S. The van der Waals surface area contributed by atoms with Crippen LogP contribution in [0.25, 0.3) is 0 Å². The third-order valence-electron chi connectivity index (χ3n) is 2.37. The Bertz CT molecular complexity index is 407. The number of aryl methyl sites for hydroxylation is 1. The zero-order valence-corrected chi connectivity index (χ0v) is 9.66. The first kappa shape index (κ1) is 10.3. The van der Waals surface area contributed by atoms with Crippen LogP contribution in [0, 0.1) is 0 Å². The molecular weight excluding hydrogens is 208 g/mol. The van der Waals surface area contributed by atoms with E-state index in [0.29, 0.717) is 6.04 Å². The number of nitrogens with one attached hydrogen (secondary N) is 1. The predicted octanol–water partition coefficient (Wildman–Crippen LogP) is 1.73. The Morgan fingerprint density at radius 3 is 3.07 bits per heavy atom. The van der Waals surface area contributed by atoms with E-state index in [1.54, 1.807) is 22.2 Å². The first-order chi connectivity index (χ1) is 7.27. The van der Waals surface area contributed by atoms with Gasteiger partial charge in [-0.3, -0.25) is 4.68 Å². The minimum absolute atomic E-state index is 0.375. The summed E-state index contributed by atoms with van der Waals surface area (Å²) in [5.74, 6) is 0. The van der Waals surface area contributed by atoms with E-state index in [9.17, 15) is 0 Å². The maximum absolute atomic E-state index is 3.89. The number of thiophene rings is 1. The van der Waals surface area contributed by atoms with Crippen LogP contribution in [0.15, 0.2) is 23.7 Å². The molecule has 0 amide bonds. The van der Waals surface area contributed by atoms with E-state index >= 15 is 0 Å². The molecule has 1 N–H and O–H groups in total. The van der Waals surface area contributed by atoms with Gasteiger partial charge in [-0.25, -0.2) is 0 Å². The SMILES string of the molecule is CC(NCc1cnnn1C)c1cccs1. The largest absolute Gasteiger partial charge is 0.304 e. The Kier molecular flexibility index (Phi) is 3.13. The van der Waals surface area contributed by atoms with Crippen molar-refractivity contribution < 1.29 is 0 Å². The summed E-state index contributed by atoms with van der Waals surface area (Å²) in [7, 11) is 1.90. The van der Waals surface area contributed by atoms with E-state index < -0.39 is 0 Å². The molecule has 1 unspecified atom stereocenters. The van der Waals surface area contributed by atoms with E-state index in [4.69, 9.17) is 0 Å². The zero-order chi connectivity index (χ0) is 10.7. The molecule has 2 rings (SSSR count). The lowest BCUT2D eigenvalue weighted by molar-refractivity contribution is 0.552. The third kappa shape index (κ3) is 2.43. The number of hydrogen-bond donors (Lipinski definition) is 1. The topological polar surface area (TPSA) is 42.7 Å². The van der Waals surface area contributed by atoms with Gasteiger partial charge in [-0.15, -0.1) is 16.4 Å². The van der Waals surface area contributed by atoms with Gasteiger partial charge in [0.05, 0.1) is 11.9 Å². The maximum Gasteiger partial charge on any atom is 0.0738 e. The second-order valence-corrected chi connectivity index (χ2v) is 4.45. The summed E-state index contributed by atoms with van der Waals surface area (Å²) >= 11 is 1.77. The van der Waals surface area contributed by atoms with Gasteiger partial charge in [0.15, 0.2) is 0 Å². The molecule has 0 fully saturated rings. The highest BCUT2D eigenvalue weighted by atomic mass is 32.1. The molecule has 4 nitrogen and oxygen atoms in total. The van der Waals surface area contributed by atoms with E-state index in [0.717, 1.165) is 12.2 Å². The molecule has 0 aromatic carbocycles. The van der Waals surface area contributed by atoms with Crippen molar-refractivity contribution in [2.24, 2.45) is 7.05 Å². The van der Waals surface area contributed by atoms with Crippen LogP contribution in [0.5, 0.6) is 0 Å². The molecule has 2 aromatic heterocycles. The van der Waals surface area contributed by atoms with Crippen LogP contribution in [0.3, 0.4) is 0 Å². The second kappa shape index (κ2) is 4.55. The Labute approximate surface area is 92.9 Å². The summed E-state index contributed by atoms with van der Waals surface area (Å²) in [5.41, 5.74) is 1.10. The Morgan fingerprint density at radius 2 is 2.47 bits per heavy atom. The molecule has 1 atom stereocenters. The Morgan fingerprint density at radius 1 is 1.60 bits per heavy atom. The highest BCUT2D eigenvalue weighted by Crippen LogP contribution is 2.18. The normalized spacial score (nSPS) is 12.9. The van der Waals surface area contributed by atoms with Gasteiger partial charge in [-0.2, -0.15) is 0 Å². The summed E-state index contributed by atoms with van der Waals surface area (Å²) in [6.07, 6.45) is 1.79. The number of hydrogen-bond acceptors (Lipinski definition) is 4. The lowest BCUT2D eigenvalue weighted by Gasteiger charge is -2.11. The van der Waals surface area contributed by atoms with Crippen LogP contribution < -0.4 is 5.32 Å². The molecule has 2 aromatic rings. The smallest absolute Gasteiger partial charge is 0.0738 e. The van der Waals surface area contributed by atoms with Crippen molar-refractivity contribution in [3.63, 3.8) is 0 Å². The van der Waals surface area contributed by atoms with Gasteiger partial charge in [0.1, 0.15) is 0 Å². The monoisotopic (exact) mass is 222 g/mol. The van der Waals surface area contributed by atoms with E-state index in [-0.39, 0.29) is 0 Å². The van der Waals surface area contributed by atoms with Crippen molar-refractivity contribution >= 4 is 11.3 Å². The molecule has 0 aliphatic carbocycles. The average molecular weight is 222 g/mol. The standard InChI is InChI=1S/C10H14N4S/c1-8(10-4-3-5-15-10)11-6-9-7-12-13-14(9)2/h3-5,7-8,11H,6H2,1-2H3. The highest BCUT2D eigenvalue weighted by Gasteiger charge is 2.06. The van der Waals surface area contributed by atoms with Gasteiger partial charge in [-0.1, -0.05) is 11.3 Å². The number of aromatic nitrogens is 3. The second-order valence-electron chi connectivity index (χ2n) is 3.47. The van der Waals surface area contributed by atoms with E-state index in [2.05, 4.69) is 40.1 Å². The molecule has 0 aliphatic heterocycles. The molecule has 0 aliphatic rings. The molecule has 2 heterocycles. The molecule has 15 heavy (non-hydrogen) atoms. The van der Waals surface area contributed by atoms with Gasteiger partial charge >= 0.3 is 0 Å². The van der Waals surface area contributed by atoms with Gasteiger partial charge < -0.3 is 5.32 Å². The minimum atomic E-state index is 0.375. The lowest BCUT2D eigenvalue weighted by Crippen LogP contribution is -2.18. The summed E-state index contributed by atoms with van der Waals surface area (Å²) in [4.78, 5) is 1.35. The van der Waals surface area contributed by atoms with E-state index in [1.165, 1.54) is 4.88 Å². The summed E-state index contributed by atoms with van der Waals surface area (Å²) in [6.45, 7) is 2.96. The predicted molar refractivity (Wildman–Crippen MR) is 60.6 cm³/mol. The molecule has 0 spiro atoms. The van der Waals surface area contributed by atoms with Crippen LogP contribution in [0.4, 0.5) is 0 Å². The van der Waals surface area contributed by atoms with Crippen molar-refractivity contribution in [3.05, 3.63) is 34.3 Å². The number of rotatable bonds is 4. The first-order valence-corrected chi connectivity index (χ1v) is 5.75. The fourth-order valence-corrected chi connectivity index (χ4v) is 2.13. The average Bonchev–Trinajstić information content (AvgIpc) is 2.85. The van der Waals surface area contributed by atoms with Crippen LogP contribution in [-0.4, -0.2) is 15.0 Å². The van der Waals surface area contributed by atoms with Crippen LogP contribution >= 0.6 is 11.3 Å². The molecule has 0 saturated carbocycles. The minimum Gasteiger partial charge on any atom is -0.304 e. The third-order valence-corrected chi connectivity index (χ3v) is 3.42. The van der Waals surface area contributed by atoms with Gasteiger partial charge in [0, 0.05) is 24.5 Å². The summed E-state index contributed by atoms with van der Waals surface area (Å²) < 4.78 is 1.79. The molecule has 0 bridgehead atoms. The van der Waals surface area contributed by atoms with Gasteiger partial charge in [-0.05, 0) is 18.4 Å².